The Balaban J connectivity index is 2.27. The van der Waals surface area contributed by atoms with Crippen LogP contribution < -0.4 is 0 Å². The molecule has 0 radical (unpaired) electrons. The van der Waals surface area contributed by atoms with Crippen molar-refractivity contribution in [2.45, 2.75) is 12.5 Å². The van der Waals surface area contributed by atoms with E-state index in [1.54, 1.807) is 6.07 Å². The smallest absolute Gasteiger partial charge is 0.140 e. The van der Waals surface area contributed by atoms with E-state index in [2.05, 4.69) is 4.98 Å². The average molecular weight is 160 g/mol. The number of nitrogens with zero attached hydrogens (tertiary/aromatic N) is 2. The van der Waals surface area contributed by atoms with Gasteiger partial charge in [0.25, 0.3) is 0 Å². The molecule has 2 rings (SSSR count). The van der Waals surface area contributed by atoms with Crippen LogP contribution in [0, 0.1) is 11.3 Å². The standard InChI is InChI=1S/C9H8N2O/c10-6-7-2-1-3-8(11-7)9-4-5-12-9/h1-3,9H,4-5H2. The lowest BCUT2D eigenvalue weighted by Gasteiger charge is -2.25. The summed E-state index contributed by atoms with van der Waals surface area (Å²) in [5.74, 6) is 0. The van der Waals surface area contributed by atoms with Gasteiger partial charge in [-0.05, 0) is 12.1 Å². The van der Waals surface area contributed by atoms with E-state index in [0.717, 1.165) is 18.7 Å². The zero-order valence-electron chi connectivity index (χ0n) is 6.53. The first kappa shape index (κ1) is 7.26. The maximum Gasteiger partial charge on any atom is 0.140 e. The van der Waals surface area contributed by atoms with Gasteiger partial charge in [-0.25, -0.2) is 4.98 Å². The minimum atomic E-state index is 0.123. The van der Waals surface area contributed by atoms with Crippen LogP contribution in [0.5, 0.6) is 0 Å². The van der Waals surface area contributed by atoms with Crippen LogP contribution >= 0.6 is 0 Å². The molecule has 3 nitrogen and oxygen atoms in total. The number of rotatable bonds is 1. The summed E-state index contributed by atoms with van der Waals surface area (Å²) in [6, 6.07) is 7.43. The van der Waals surface area contributed by atoms with Crippen molar-refractivity contribution in [1.29, 1.82) is 5.26 Å². The molecule has 12 heavy (non-hydrogen) atoms. The first-order chi connectivity index (χ1) is 5.90. The van der Waals surface area contributed by atoms with Crippen LogP contribution in [0.3, 0.4) is 0 Å². The molecule has 1 aliphatic heterocycles. The van der Waals surface area contributed by atoms with Gasteiger partial charge in [-0.3, -0.25) is 0 Å². The lowest BCUT2D eigenvalue weighted by Crippen LogP contribution is -2.19. The molecule has 1 aliphatic rings. The molecule has 60 valence electrons. The van der Waals surface area contributed by atoms with Crippen LogP contribution in [-0.4, -0.2) is 11.6 Å². The van der Waals surface area contributed by atoms with Gasteiger partial charge in [-0.1, -0.05) is 6.07 Å². The number of pyridine rings is 1. The third-order valence-corrected chi connectivity index (χ3v) is 1.91. The van der Waals surface area contributed by atoms with Crippen molar-refractivity contribution >= 4 is 0 Å². The third-order valence-electron chi connectivity index (χ3n) is 1.91. The summed E-state index contributed by atoms with van der Waals surface area (Å²) in [5.41, 5.74) is 1.34. The molecule has 0 bridgehead atoms. The van der Waals surface area contributed by atoms with Crippen LogP contribution in [0.25, 0.3) is 0 Å². The molecule has 0 N–H and O–H groups in total. The Labute approximate surface area is 70.6 Å². The highest BCUT2D eigenvalue weighted by molar-refractivity contribution is 5.23. The fourth-order valence-electron chi connectivity index (χ4n) is 1.16. The second-order valence-corrected chi connectivity index (χ2v) is 2.71. The van der Waals surface area contributed by atoms with E-state index in [1.165, 1.54) is 0 Å². The summed E-state index contributed by atoms with van der Waals surface area (Å²) >= 11 is 0. The molecule has 0 amide bonds. The van der Waals surface area contributed by atoms with Gasteiger partial charge in [0, 0.05) is 6.42 Å². The summed E-state index contributed by atoms with van der Waals surface area (Å²) in [5, 5.41) is 8.58. The number of ether oxygens (including phenoxy) is 1. The molecular formula is C9H8N2O. The third kappa shape index (κ3) is 1.17. The Hall–Kier alpha value is -1.40. The second kappa shape index (κ2) is 2.92. The molecule has 0 spiro atoms. The normalized spacial score (nSPS) is 21.1. The summed E-state index contributed by atoms with van der Waals surface area (Å²) in [6.07, 6.45) is 1.14. The average Bonchev–Trinajstić information content (AvgIpc) is 2.02. The van der Waals surface area contributed by atoms with Crippen molar-refractivity contribution in [3.8, 4) is 6.07 Å². The highest BCUT2D eigenvalue weighted by atomic mass is 16.5. The number of aromatic nitrogens is 1. The molecule has 1 fully saturated rings. The van der Waals surface area contributed by atoms with Gasteiger partial charge in [-0.15, -0.1) is 0 Å². The predicted molar refractivity (Wildman–Crippen MR) is 42.3 cm³/mol. The molecular weight excluding hydrogens is 152 g/mol. The van der Waals surface area contributed by atoms with Crippen molar-refractivity contribution in [1.82, 2.24) is 4.98 Å². The fraction of sp³-hybridized carbons (Fsp3) is 0.333. The number of hydrogen-bond acceptors (Lipinski definition) is 3. The van der Waals surface area contributed by atoms with E-state index in [0.29, 0.717) is 5.69 Å². The summed E-state index contributed by atoms with van der Waals surface area (Å²) in [6.45, 7) is 0.809. The van der Waals surface area contributed by atoms with Gasteiger partial charge in [0.05, 0.1) is 12.3 Å². The summed E-state index contributed by atoms with van der Waals surface area (Å²) < 4.78 is 5.24. The lowest BCUT2D eigenvalue weighted by atomic mass is 10.1. The molecule has 1 atom stereocenters. The molecule has 0 saturated carbocycles. The van der Waals surface area contributed by atoms with Gasteiger partial charge in [-0.2, -0.15) is 5.26 Å². The quantitative estimate of drug-likeness (QED) is 0.624. The molecule has 1 aromatic heterocycles. The zero-order valence-corrected chi connectivity index (χ0v) is 6.53. The van der Waals surface area contributed by atoms with E-state index >= 15 is 0 Å². The molecule has 3 heteroatoms. The van der Waals surface area contributed by atoms with Crippen molar-refractivity contribution in [3.05, 3.63) is 29.6 Å². The van der Waals surface area contributed by atoms with Crippen molar-refractivity contribution in [3.63, 3.8) is 0 Å². The maximum absolute atomic E-state index is 8.58. The van der Waals surface area contributed by atoms with Gasteiger partial charge < -0.3 is 4.74 Å². The van der Waals surface area contributed by atoms with Crippen molar-refractivity contribution < 1.29 is 4.74 Å². The largest absolute Gasteiger partial charge is 0.372 e. The van der Waals surface area contributed by atoms with Crippen LogP contribution in [0.1, 0.15) is 23.9 Å². The first-order valence-electron chi connectivity index (χ1n) is 3.89. The molecule has 1 aromatic rings. The minimum Gasteiger partial charge on any atom is -0.372 e. The van der Waals surface area contributed by atoms with Crippen molar-refractivity contribution in [2.24, 2.45) is 0 Å². The Kier molecular flexibility index (Phi) is 1.77. The fourth-order valence-corrected chi connectivity index (χ4v) is 1.16. The number of nitriles is 1. The Morgan fingerprint density at radius 2 is 2.42 bits per heavy atom. The SMILES string of the molecule is N#Cc1cccc(C2CCO2)n1. The molecule has 0 aromatic carbocycles. The van der Waals surface area contributed by atoms with Gasteiger partial charge in [0.2, 0.25) is 0 Å². The highest BCUT2D eigenvalue weighted by Crippen LogP contribution is 2.27. The van der Waals surface area contributed by atoms with E-state index in [-0.39, 0.29) is 6.10 Å². The molecule has 1 unspecified atom stereocenters. The lowest BCUT2D eigenvalue weighted by molar-refractivity contribution is -0.0552. The van der Waals surface area contributed by atoms with E-state index in [1.807, 2.05) is 18.2 Å². The van der Waals surface area contributed by atoms with Crippen LogP contribution in [0.15, 0.2) is 18.2 Å². The monoisotopic (exact) mass is 160 g/mol. The van der Waals surface area contributed by atoms with Crippen LogP contribution in [0.4, 0.5) is 0 Å². The van der Waals surface area contributed by atoms with Crippen molar-refractivity contribution in [2.75, 3.05) is 6.61 Å². The van der Waals surface area contributed by atoms with Gasteiger partial charge in [0.1, 0.15) is 17.9 Å². The minimum absolute atomic E-state index is 0.123. The van der Waals surface area contributed by atoms with Gasteiger partial charge >= 0.3 is 0 Å². The van der Waals surface area contributed by atoms with Crippen LogP contribution in [-0.2, 0) is 4.74 Å². The predicted octanol–water partition coefficient (Wildman–Crippen LogP) is 1.41. The Morgan fingerprint density at radius 1 is 1.58 bits per heavy atom. The van der Waals surface area contributed by atoms with E-state index < -0.39 is 0 Å². The van der Waals surface area contributed by atoms with E-state index in [9.17, 15) is 0 Å². The molecule has 1 saturated heterocycles. The highest BCUT2D eigenvalue weighted by Gasteiger charge is 2.21. The van der Waals surface area contributed by atoms with E-state index in [4.69, 9.17) is 10.00 Å². The Morgan fingerprint density at radius 3 is 3.00 bits per heavy atom. The maximum atomic E-state index is 8.58. The Bertz CT molecular complexity index is 326. The molecule has 0 aliphatic carbocycles. The topological polar surface area (TPSA) is 45.9 Å². The first-order valence-corrected chi connectivity index (χ1v) is 3.89. The summed E-state index contributed by atoms with van der Waals surface area (Å²) in [4.78, 5) is 4.13. The number of hydrogen-bond donors (Lipinski definition) is 0. The zero-order chi connectivity index (χ0) is 8.39. The summed E-state index contributed by atoms with van der Waals surface area (Å²) in [7, 11) is 0. The molecule has 2 heterocycles. The van der Waals surface area contributed by atoms with Gasteiger partial charge in [0.15, 0.2) is 0 Å². The second-order valence-electron chi connectivity index (χ2n) is 2.71. The van der Waals surface area contributed by atoms with Crippen LogP contribution in [0.2, 0.25) is 0 Å².